The van der Waals surface area contributed by atoms with Crippen molar-refractivity contribution in [1.82, 2.24) is 0 Å². The third-order valence-electron chi connectivity index (χ3n) is 4.71. The maximum absolute atomic E-state index is 12.7. The third-order valence-corrected chi connectivity index (χ3v) is 4.71. The molecule has 2 N–H and O–H groups in total. The number of rotatable bonds is 8. The molecule has 1 aromatic rings. The van der Waals surface area contributed by atoms with Gasteiger partial charge in [0.25, 0.3) is 0 Å². The summed E-state index contributed by atoms with van der Waals surface area (Å²) in [6.07, 6.45) is 3.74. The molecule has 0 amide bonds. The van der Waals surface area contributed by atoms with Gasteiger partial charge in [-0.1, -0.05) is 50.6 Å². The van der Waals surface area contributed by atoms with Gasteiger partial charge in [-0.15, -0.1) is 0 Å². The van der Waals surface area contributed by atoms with Crippen LogP contribution in [0.2, 0.25) is 0 Å². The number of benzene rings is 1. The Kier molecular flexibility index (Phi) is 7.34. The summed E-state index contributed by atoms with van der Waals surface area (Å²) >= 11 is 0. The molecule has 1 aromatic carbocycles. The number of carbonyl (C=O) groups is 2. The van der Waals surface area contributed by atoms with Crippen molar-refractivity contribution in [2.45, 2.75) is 58.8 Å². The van der Waals surface area contributed by atoms with Crippen LogP contribution in [0.15, 0.2) is 46.7 Å². The Balaban J connectivity index is 2.13. The molecule has 1 aliphatic carbocycles. The number of aliphatic imine (C=N–C) groups is 1. The summed E-state index contributed by atoms with van der Waals surface area (Å²) in [6.45, 7) is 4.62. The van der Waals surface area contributed by atoms with Crippen LogP contribution in [-0.4, -0.2) is 34.2 Å². The van der Waals surface area contributed by atoms with Crippen LogP contribution >= 0.6 is 0 Å². The van der Waals surface area contributed by atoms with Crippen molar-refractivity contribution in [2.75, 3.05) is 6.54 Å². The van der Waals surface area contributed by atoms with Crippen LogP contribution in [0.1, 0.15) is 57.9 Å². The lowest BCUT2D eigenvalue weighted by molar-refractivity contribution is -0.137. The average molecular weight is 371 g/mol. The SMILES string of the molecule is CC1(C)CC(=O)C(=C(O)Cc2ccccc2)C(=NCCCCCC(=O)O)C1. The number of hydrogen-bond acceptors (Lipinski definition) is 4. The highest BCUT2D eigenvalue weighted by Crippen LogP contribution is 2.35. The molecular formula is C22H29NO4. The summed E-state index contributed by atoms with van der Waals surface area (Å²) in [5.74, 6) is -0.743. The molecule has 1 saturated carbocycles. The molecule has 5 heteroatoms. The van der Waals surface area contributed by atoms with Crippen molar-refractivity contribution >= 4 is 17.5 Å². The van der Waals surface area contributed by atoms with Gasteiger partial charge in [0.2, 0.25) is 0 Å². The average Bonchev–Trinajstić information content (AvgIpc) is 2.57. The molecule has 0 saturated heterocycles. The van der Waals surface area contributed by atoms with E-state index in [4.69, 9.17) is 5.11 Å². The molecule has 0 aromatic heterocycles. The molecule has 2 rings (SSSR count). The van der Waals surface area contributed by atoms with E-state index in [1.165, 1.54) is 0 Å². The molecule has 0 unspecified atom stereocenters. The molecule has 0 atom stereocenters. The number of carboxylic acid groups (broad SMARTS) is 1. The first-order valence-corrected chi connectivity index (χ1v) is 9.53. The van der Waals surface area contributed by atoms with Gasteiger partial charge in [-0.05, 0) is 30.2 Å². The van der Waals surface area contributed by atoms with Crippen LogP contribution in [0.3, 0.4) is 0 Å². The van der Waals surface area contributed by atoms with Gasteiger partial charge in [-0.2, -0.15) is 0 Å². The molecule has 146 valence electrons. The van der Waals surface area contributed by atoms with Gasteiger partial charge in [0, 0.05) is 31.5 Å². The highest BCUT2D eigenvalue weighted by atomic mass is 16.4. The van der Waals surface area contributed by atoms with Crippen LogP contribution in [0.5, 0.6) is 0 Å². The van der Waals surface area contributed by atoms with Crippen molar-refractivity contribution in [3.63, 3.8) is 0 Å². The standard InChI is InChI=1S/C22H29NO4/c1-22(2)14-17(23-12-8-4-7-11-20(26)27)21(19(25)15-22)18(24)13-16-9-5-3-6-10-16/h3,5-6,9-10,24H,4,7-8,11-15H2,1-2H3,(H,26,27). The Morgan fingerprint density at radius 3 is 2.44 bits per heavy atom. The number of aliphatic hydroxyl groups excluding tert-OH is 1. The largest absolute Gasteiger partial charge is 0.511 e. The molecule has 0 radical (unpaired) electrons. The smallest absolute Gasteiger partial charge is 0.303 e. The van der Waals surface area contributed by atoms with E-state index in [0.29, 0.717) is 43.5 Å². The van der Waals surface area contributed by atoms with Gasteiger partial charge >= 0.3 is 5.97 Å². The van der Waals surface area contributed by atoms with E-state index in [0.717, 1.165) is 18.4 Å². The van der Waals surface area contributed by atoms with Gasteiger partial charge < -0.3 is 10.2 Å². The van der Waals surface area contributed by atoms with Gasteiger partial charge in [-0.3, -0.25) is 14.6 Å². The molecule has 5 nitrogen and oxygen atoms in total. The minimum Gasteiger partial charge on any atom is -0.511 e. The highest BCUT2D eigenvalue weighted by Gasteiger charge is 2.36. The molecule has 0 heterocycles. The fourth-order valence-corrected chi connectivity index (χ4v) is 3.41. The Morgan fingerprint density at radius 2 is 1.78 bits per heavy atom. The lowest BCUT2D eigenvalue weighted by atomic mass is 9.73. The number of nitrogens with zero attached hydrogens (tertiary/aromatic N) is 1. The quantitative estimate of drug-likeness (QED) is 0.400. The first-order valence-electron chi connectivity index (χ1n) is 9.53. The second-order valence-corrected chi connectivity index (χ2v) is 7.96. The Hall–Kier alpha value is -2.43. The number of carbonyl (C=O) groups excluding carboxylic acids is 1. The van der Waals surface area contributed by atoms with E-state index in [9.17, 15) is 14.7 Å². The maximum Gasteiger partial charge on any atom is 0.303 e. The lowest BCUT2D eigenvalue weighted by Gasteiger charge is -2.31. The Labute approximate surface area is 160 Å². The second-order valence-electron chi connectivity index (χ2n) is 7.96. The maximum atomic E-state index is 12.7. The molecule has 1 fully saturated rings. The molecule has 0 spiro atoms. The summed E-state index contributed by atoms with van der Waals surface area (Å²) in [5.41, 5.74) is 1.84. The third kappa shape index (κ3) is 6.66. The number of unbranched alkanes of at least 4 members (excludes halogenated alkanes) is 2. The molecule has 0 bridgehead atoms. The number of ketones is 1. The summed E-state index contributed by atoms with van der Waals surface area (Å²) in [5, 5.41) is 19.3. The van der Waals surface area contributed by atoms with Crippen molar-refractivity contribution in [3.8, 4) is 0 Å². The number of hydrogen-bond donors (Lipinski definition) is 2. The predicted octanol–water partition coefficient (Wildman–Crippen LogP) is 4.52. The van der Waals surface area contributed by atoms with Crippen LogP contribution in [0.25, 0.3) is 0 Å². The molecule has 0 aliphatic heterocycles. The Bertz CT molecular complexity index is 732. The van der Waals surface area contributed by atoms with E-state index in [1.54, 1.807) is 0 Å². The number of Topliss-reactive ketones (excluding diaryl/α,β-unsaturated/α-hetero) is 1. The fourth-order valence-electron chi connectivity index (χ4n) is 3.41. The Morgan fingerprint density at radius 1 is 1.07 bits per heavy atom. The summed E-state index contributed by atoms with van der Waals surface area (Å²) in [7, 11) is 0. The zero-order valence-corrected chi connectivity index (χ0v) is 16.2. The van der Waals surface area contributed by atoms with Crippen molar-refractivity contribution < 1.29 is 19.8 Å². The normalized spacial score (nSPS) is 19.9. The topological polar surface area (TPSA) is 87.0 Å². The summed E-state index contributed by atoms with van der Waals surface area (Å²) in [6, 6.07) is 9.58. The molecular weight excluding hydrogens is 342 g/mol. The second kappa shape index (κ2) is 9.49. The lowest BCUT2D eigenvalue weighted by Crippen LogP contribution is -2.33. The van der Waals surface area contributed by atoms with Gasteiger partial charge in [0.05, 0.1) is 5.57 Å². The van der Waals surface area contributed by atoms with E-state index in [1.807, 2.05) is 44.2 Å². The van der Waals surface area contributed by atoms with Crippen LogP contribution in [0.4, 0.5) is 0 Å². The minimum atomic E-state index is -0.781. The van der Waals surface area contributed by atoms with E-state index in [-0.39, 0.29) is 23.4 Å². The minimum absolute atomic E-state index is 0.0516. The zero-order chi connectivity index (χ0) is 19.9. The van der Waals surface area contributed by atoms with E-state index in [2.05, 4.69) is 4.99 Å². The molecule has 1 aliphatic rings. The highest BCUT2D eigenvalue weighted by molar-refractivity contribution is 6.24. The number of aliphatic hydroxyl groups is 1. The molecule has 27 heavy (non-hydrogen) atoms. The first kappa shape index (κ1) is 20.9. The first-order chi connectivity index (χ1) is 12.8. The number of aliphatic carboxylic acids is 1. The zero-order valence-electron chi connectivity index (χ0n) is 16.2. The van der Waals surface area contributed by atoms with Gasteiger partial charge in [-0.25, -0.2) is 0 Å². The summed E-state index contributed by atoms with van der Waals surface area (Å²) in [4.78, 5) is 27.9. The fraction of sp³-hybridized carbons (Fsp3) is 0.500. The van der Waals surface area contributed by atoms with Gasteiger partial charge in [0.1, 0.15) is 5.76 Å². The van der Waals surface area contributed by atoms with E-state index < -0.39 is 5.97 Å². The van der Waals surface area contributed by atoms with Crippen LogP contribution in [-0.2, 0) is 16.0 Å². The van der Waals surface area contributed by atoms with Crippen molar-refractivity contribution in [3.05, 3.63) is 47.2 Å². The van der Waals surface area contributed by atoms with Gasteiger partial charge in [0.15, 0.2) is 5.78 Å². The summed E-state index contributed by atoms with van der Waals surface area (Å²) < 4.78 is 0. The van der Waals surface area contributed by atoms with Crippen LogP contribution in [0, 0.1) is 5.41 Å². The van der Waals surface area contributed by atoms with Crippen molar-refractivity contribution in [2.24, 2.45) is 10.4 Å². The number of carboxylic acids is 1. The van der Waals surface area contributed by atoms with E-state index >= 15 is 0 Å². The monoisotopic (exact) mass is 371 g/mol. The predicted molar refractivity (Wildman–Crippen MR) is 106 cm³/mol. The number of allylic oxidation sites excluding steroid dienone is 2. The van der Waals surface area contributed by atoms with Crippen LogP contribution < -0.4 is 0 Å². The van der Waals surface area contributed by atoms with Crippen molar-refractivity contribution in [1.29, 1.82) is 0 Å².